The van der Waals surface area contributed by atoms with Crippen molar-refractivity contribution in [1.29, 1.82) is 0 Å². The summed E-state index contributed by atoms with van der Waals surface area (Å²) >= 11 is 0. The zero-order valence-electron chi connectivity index (χ0n) is 11.6. The van der Waals surface area contributed by atoms with Gasteiger partial charge in [0.05, 0.1) is 6.42 Å². The van der Waals surface area contributed by atoms with Gasteiger partial charge in [0.15, 0.2) is 5.82 Å². The van der Waals surface area contributed by atoms with Gasteiger partial charge < -0.3 is 5.11 Å². The highest BCUT2D eigenvalue weighted by molar-refractivity contribution is 5.66. The minimum Gasteiger partial charge on any atom is -0.481 e. The van der Waals surface area contributed by atoms with Crippen molar-refractivity contribution in [2.24, 2.45) is 23.7 Å². The number of carboxylic acids is 1. The molecule has 4 aliphatic carbocycles. The van der Waals surface area contributed by atoms with Crippen LogP contribution in [0.4, 0.5) is 0 Å². The summed E-state index contributed by atoms with van der Waals surface area (Å²) in [5, 5.41) is 16.1. The number of aromatic nitrogens is 3. The normalized spacial score (nSPS) is 38.3. The maximum absolute atomic E-state index is 10.6. The molecule has 4 bridgehead atoms. The lowest BCUT2D eigenvalue weighted by molar-refractivity contribution is -0.137. The van der Waals surface area contributed by atoms with E-state index in [1.165, 1.54) is 32.1 Å². The van der Waals surface area contributed by atoms with Gasteiger partial charge in [-0.05, 0) is 55.8 Å². The fraction of sp³-hybridized carbons (Fsp3) is 0.800. The monoisotopic (exact) mass is 275 g/mol. The van der Waals surface area contributed by atoms with Crippen LogP contribution < -0.4 is 0 Å². The van der Waals surface area contributed by atoms with Crippen LogP contribution in [0.3, 0.4) is 0 Å². The summed E-state index contributed by atoms with van der Waals surface area (Å²) in [4.78, 5) is 15.2. The molecule has 0 saturated heterocycles. The molecule has 4 aliphatic rings. The van der Waals surface area contributed by atoms with Crippen molar-refractivity contribution in [2.75, 3.05) is 0 Å². The molecule has 4 fully saturated rings. The van der Waals surface area contributed by atoms with Gasteiger partial charge in [-0.15, -0.1) is 0 Å². The Morgan fingerprint density at radius 3 is 2.40 bits per heavy atom. The Morgan fingerprint density at radius 1 is 1.15 bits per heavy atom. The Morgan fingerprint density at radius 2 is 1.80 bits per heavy atom. The summed E-state index contributed by atoms with van der Waals surface area (Å²) in [5.74, 6) is 4.90. The number of hydrogen-bond donors (Lipinski definition) is 2. The number of rotatable bonds is 4. The first-order chi connectivity index (χ1) is 9.69. The number of nitrogens with zero attached hydrogens (tertiary/aromatic N) is 2. The minimum atomic E-state index is -0.780. The smallest absolute Gasteiger partial charge is 0.303 e. The second-order valence-corrected chi connectivity index (χ2v) is 6.99. The summed E-state index contributed by atoms with van der Waals surface area (Å²) in [6, 6.07) is 0. The Bertz CT molecular complexity index is 497. The van der Waals surface area contributed by atoms with Crippen molar-refractivity contribution in [3.63, 3.8) is 0 Å². The first-order valence-corrected chi connectivity index (χ1v) is 7.82. The van der Waals surface area contributed by atoms with E-state index in [0.29, 0.717) is 12.3 Å². The van der Waals surface area contributed by atoms with Crippen LogP contribution in [0.25, 0.3) is 0 Å². The number of carboxylic acid groups (broad SMARTS) is 1. The van der Waals surface area contributed by atoms with E-state index < -0.39 is 5.97 Å². The summed E-state index contributed by atoms with van der Waals surface area (Å²) in [7, 11) is 0. The largest absolute Gasteiger partial charge is 0.481 e. The van der Waals surface area contributed by atoms with E-state index in [0.717, 1.165) is 35.3 Å². The lowest BCUT2D eigenvalue weighted by atomic mass is 9.52. The third kappa shape index (κ3) is 2.03. The number of hydrogen-bond acceptors (Lipinski definition) is 3. The molecule has 108 valence electrons. The zero-order valence-corrected chi connectivity index (χ0v) is 11.6. The quantitative estimate of drug-likeness (QED) is 0.884. The Balaban J connectivity index is 1.51. The fourth-order valence-corrected chi connectivity index (χ4v) is 5.14. The van der Waals surface area contributed by atoms with Gasteiger partial charge in [0.1, 0.15) is 5.82 Å². The van der Waals surface area contributed by atoms with Crippen LogP contribution in [-0.2, 0) is 11.2 Å². The van der Waals surface area contributed by atoms with Crippen LogP contribution in [0.1, 0.15) is 56.1 Å². The van der Waals surface area contributed by atoms with Crippen LogP contribution >= 0.6 is 0 Å². The Labute approximate surface area is 118 Å². The summed E-state index contributed by atoms with van der Waals surface area (Å²) in [6.07, 6.45) is 7.46. The van der Waals surface area contributed by atoms with Crippen LogP contribution in [-0.4, -0.2) is 26.3 Å². The molecule has 20 heavy (non-hydrogen) atoms. The predicted molar refractivity (Wildman–Crippen MR) is 72.1 cm³/mol. The topological polar surface area (TPSA) is 78.9 Å². The fourth-order valence-electron chi connectivity index (χ4n) is 5.14. The van der Waals surface area contributed by atoms with E-state index in [2.05, 4.69) is 15.2 Å². The van der Waals surface area contributed by atoms with Gasteiger partial charge in [-0.1, -0.05) is 0 Å². The molecular weight excluding hydrogens is 254 g/mol. The zero-order chi connectivity index (χ0) is 13.7. The molecule has 0 unspecified atom stereocenters. The summed E-state index contributed by atoms with van der Waals surface area (Å²) in [5.41, 5.74) is 0. The van der Waals surface area contributed by atoms with Crippen LogP contribution in [0.15, 0.2) is 0 Å². The highest BCUT2D eigenvalue weighted by atomic mass is 16.4. The second kappa shape index (κ2) is 4.57. The highest BCUT2D eigenvalue weighted by Crippen LogP contribution is 2.59. The van der Waals surface area contributed by atoms with E-state index in [1.807, 2.05) is 0 Å². The van der Waals surface area contributed by atoms with Gasteiger partial charge in [-0.2, -0.15) is 5.10 Å². The highest BCUT2D eigenvalue weighted by Gasteiger charge is 2.49. The molecule has 0 radical (unpaired) electrons. The minimum absolute atomic E-state index is 0.121. The molecule has 0 aromatic carbocycles. The molecule has 5 heteroatoms. The number of aliphatic carboxylic acids is 1. The average Bonchev–Trinajstić information content (AvgIpc) is 2.83. The lowest BCUT2D eigenvalue weighted by Crippen LogP contribution is -2.44. The van der Waals surface area contributed by atoms with E-state index in [4.69, 9.17) is 5.11 Å². The van der Waals surface area contributed by atoms with Crippen molar-refractivity contribution in [2.45, 2.75) is 50.9 Å². The summed E-state index contributed by atoms with van der Waals surface area (Å²) in [6.45, 7) is 0. The molecule has 1 aromatic heterocycles. The maximum atomic E-state index is 10.6. The predicted octanol–water partition coefficient (Wildman–Crippen LogP) is 2.36. The molecule has 5 nitrogen and oxygen atoms in total. The molecule has 0 aliphatic heterocycles. The van der Waals surface area contributed by atoms with Crippen LogP contribution in [0, 0.1) is 23.7 Å². The van der Waals surface area contributed by atoms with Crippen molar-refractivity contribution < 1.29 is 9.90 Å². The van der Waals surface area contributed by atoms with Crippen molar-refractivity contribution in [3.8, 4) is 0 Å². The maximum Gasteiger partial charge on any atom is 0.303 e. The standard InChI is InChI=1S/C15H21N3O2/c19-13(20)2-1-12-16-15(18-17-12)14-10-4-8-3-9(6-10)7-11(14)5-8/h8-11,14H,1-7H2,(H,19,20)(H,16,17,18). The Hall–Kier alpha value is -1.39. The van der Waals surface area contributed by atoms with E-state index in [1.54, 1.807) is 0 Å². The van der Waals surface area contributed by atoms with Gasteiger partial charge in [0, 0.05) is 12.3 Å². The number of aromatic amines is 1. The molecule has 1 aromatic rings. The van der Waals surface area contributed by atoms with Gasteiger partial charge >= 0.3 is 5.97 Å². The molecule has 1 heterocycles. The molecule has 0 amide bonds. The first kappa shape index (κ1) is 12.4. The van der Waals surface area contributed by atoms with Gasteiger partial charge in [-0.3, -0.25) is 9.89 Å². The number of H-pyrrole nitrogens is 1. The van der Waals surface area contributed by atoms with E-state index in [-0.39, 0.29) is 6.42 Å². The lowest BCUT2D eigenvalue weighted by Gasteiger charge is -2.53. The Kier molecular flexibility index (Phi) is 2.82. The van der Waals surface area contributed by atoms with Crippen LogP contribution in [0.5, 0.6) is 0 Å². The third-order valence-corrected chi connectivity index (χ3v) is 5.65. The second-order valence-electron chi connectivity index (χ2n) is 6.99. The average molecular weight is 275 g/mol. The molecule has 5 rings (SSSR count). The molecular formula is C15H21N3O2. The van der Waals surface area contributed by atoms with Crippen molar-refractivity contribution in [1.82, 2.24) is 15.2 Å². The molecule has 2 N–H and O–H groups in total. The SMILES string of the molecule is O=C(O)CCc1nc(C2C3CC4CC(C3)CC2C4)n[nH]1. The van der Waals surface area contributed by atoms with E-state index in [9.17, 15) is 4.79 Å². The molecule has 0 atom stereocenters. The van der Waals surface area contributed by atoms with Gasteiger partial charge in [-0.25, -0.2) is 4.98 Å². The van der Waals surface area contributed by atoms with Crippen molar-refractivity contribution >= 4 is 5.97 Å². The summed E-state index contributed by atoms with van der Waals surface area (Å²) < 4.78 is 0. The van der Waals surface area contributed by atoms with E-state index >= 15 is 0 Å². The number of aryl methyl sites for hydroxylation is 1. The third-order valence-electron chi connectivity index (χ3n) is 5.65. The number of nitrogens with one attached hydrogen (secondary N) is 1. The first-order valence-electron chi connectivity index (χ1n) is 7.82. The molecule has 0 spiro atoms. The molecule has 4 saturated carbocycles. The van der Waals surface area contributed by atoms with Gasteiger partial charge in [0.25, 0.3) is 0 Å². The van der Waals surface area contributed by atoms with Gasteiger partial charge in [0.2, 0.25) is 0 Å². The number of carbonyl (C=O) groups is 1. The van der Waals surface area contributed by atoms with Crippen LogP contribution in [0.2, 0.25) is 0 Å². The van der Waals surface area contributed by atoms with Crippen molar-refractivity contribution in [3.05, 3.63) is 11.6 Å².